The van der Waals surface area contributed by atoms with Crippen molar-refractivity contribution in [2.24, 2.45) is 0 Å². The van der Waals surface area contributed by atoms with E-state index in [4.69, 9.17) is 0 Å². The SMILES string of the molecule is N#CC(=Cc1cc(Br)c(O)c(Br)c1)S(=O)(=O)c1ccccc1. The van der Waals surface area contributed by atoms with Crippen molar-refractivity contribution >= 4 is 47.8 Å². The molecule has 0 fully saturated rings. The predicted molar refractivity (Wildman–Crippen MR) is 90.7 cm³/mol. The quantitative estimate of drug-likeness (QED) is 0.720. The Morgan fingerprint density at radius 3 is 2.18 bits per heavy atom. The number of halogens is 2. The van der Waals surface area contributed by atoms with E-state index in [-0.39, 0.29) is 15.6 Å². The maximum atomic E-state index is 12.4. The first-order valence-electron chi connectivity index (χ1n) is 5.96. The predicted octanol–water partition coefficient (Wildman–Crippen LogP) is 4.26. The molecule has 0 aliphatic carbocycles. The van der Waals surface area contributed by atoms with Gasteiger partial charge in [-0.05, 0) is 67.8 Å². The van der Waals surface area contributed by atoms with Crippen LogP contribution in [0.2, 0.25) is 0 Å². The zero-order valence-corrected chi connectivity index (χ0v) is 15.0. The van der Waals surface area contributed by atoms with E-state index >= 15 is 0 Å². The zero-order valence-electron chi connectivity index (χ0n) is 11.0. The van der Waals surface area contributed by atoms with Crippen LogP contribution in [0.3, 0.4) is 0 Å². The second-order valence-corrected chi connectivity index (χ2v) is 7.90. The number of rotatable bonds is 3. The summed E-state index contributed by atoms with van der Waals surface area (Å²) in [5.41, 5.74) is 0.465. The molecule has 0 unspecified atom stereocenters. The molecule has 0 saturated carbocycles. The molecule has 0 bridgehead atoms. The van der Waals surface area contributed by atoms with Gasteiger partial charge in [0.25, 0.3) is 0 Å². The van der Waals surface area contributed by atoms with Crippen LogP contribution >= 0.6 is 31.9 Å². The Labute approximate surface area is 144 Å². The number of aromatic hydroxyl groups is 1. The molecule has 4 nitrogen and oxygen atoms in total. The average molecular weight is 443 g/mol. The fourth-order valence-corrected chi connectivity index (χ4v) is 4.12. The lowest BCUT2D eigenvalue weighted by molar-refractivity contribution is 0.468. The lowest BCUT2D eigenvalue weighted by Gasteiger charge is -2.05. The summed E-state index contributed by atoms with van der Waals surface area (Å²) in [6.07, 6.45) is 1.26. The number of allylic oxidation sites excluding steroid dienone is 1. The van der Waals surface area contributed by atoms with Gasteiger partial charge in [0.2, 0.25) is 9.84 Å². The molecule has 22 heavy (non-hydrogen) atoms. The summed E-state index contributed by atoms with van der Waals surface area (Å²) in [5, 5.41) is 18.9. The number of nitrogens with zero attached hydrogens (tertiary/aromatic N) is 1. The van der Waals surface area contributed by atoms with Crippen LogP contribution in [-0.2, 0) is 9.84 Å². The van der Waals surface area contributed by atoms with Crippen molar-refractivity contribution in [3.05, 3.63) is 61.9 Å². The van der Waals surface area contributed by atoms with E-state index < -0.39 is 9.84 Å². The molecule has 0 aromatic heterocycles. The summed E-state index contributed by atoms with van der Waals surface area (Å²) in [7, 11) is -3.88. The molecule has 0 atom stereocenters. The maximum absolute atomic E-state index is 12.4. The van der Waals surface area contributed by atoms with Crippen LogP contribution in [0, 0.1) is 11.3 Å². The van der Waals surface area contributed by atoms with Gasteiger partial charge in [-0.1, -0.05) is 18.2 Å². The Bertz CT molecular complexity index is 862. The van der Waals surface area contributed by atoms with Crippen molar-refractivity contribution < 1.29 is 13.5 Å². The van der Waals surface area contributed by atoms with Crippen LogP contribution in [0.5, 0.6) is 5.75 Å². The third kappa shape index (κ3) is 3.40. The van der Waals surface area contributed by atoms with E-state index in [1.165, 1.54) is 30.3 Å². The Morgan fingerprint density at radius 1 is 1.14 bits per heavy atom. The minimum Gasteiger partial charge on any atom is -0.506 e. The molecule has 0 spiro atoms. The highest BCUT2D eigenvalue weighted by Crippen LogP contribution is 2.34. The molecule has 1 N–H and O–H groups in total. The largest absolute Gasteiger partial charge is 0.506 e. The molecule has 0 radical (unpaired) electrons. The van der Waals surface area contributed by atoms with E-state index in [2.05, 4.69) is 31.9 Å². The van der Waals surface area contributed by atoms with Crippen LogP contribution in [0.4, 0.5) is 0 Å². The highest BCUT2D eigenvalue weighted by Gasteiger charge is 2.20. The first kappa shape index (κ1) is 16.7. The Morgan fingerprint density at radius 2 is 1.68 bits per heavy atom. The number of phenols is 1. The molecule has 0 aliphatic heterocycles. The molecule has 0 heterocycles. The highest BCUT2D eigenvalue weighted by molar-refractivity contribution is 9.11. The Kier molecular flexibility index (Phi) is 5.06. The second-order valence-electron chi connectivity index (χ2n) is 4.27. The van der Waals surface area contributed by atoms with Gasteiger partial charge in [-0.3, -0.25) is 0 Å². The average Bonchev–Trinajstić information content (AvgIpc) is 2.50. The number of hydrogen-bond acceptors (Lipinski definition) is 4. The third-order valence-electron chi connectivity index (χ3n) is 2.79. The van der Waals surface area contributed by atoms with Gasteiger partial charge in [0.05, 0.1) is 13.8 Å². The van der Waals surface area contributed by atoms with Crippen LogP contribution < -0.4 is 0 Å². The van der Waals surface area contributed by atoms with Crippen LogP contribution in [0.25, 0.3) is 6.08 Å². The first-order chi connectivity index (χ1) is 10.4. The summed E-state index contributed by atoms with van der Waals surface area (Å²) in [4.78, 5) is -0.317. The highest BCUT2D eigenvalue weighted by atomic mass is 79.9. The van der Waals surface area contributed by atoms with Crippen molar-refractivity contribution in [2.45, 2.75) is 4.90 Å². The lowest BCUT2D eigenvalue weighted by atomic mass is 10.2. The number of hydrogen-bond donors (Lipinski definition) is 1. The molecule has 0 amide bonds. The summed E-state index contributed by atoms with van der Waals surface area (Å²) in [6, 6.07) is 12.5. The van der Waals surface area contributed by atoms with Gasteiger partial charge in [-0.15, -0.1) is 0 Å². The molecule has 2 rings (SSSR count). The minimum absolute atomic E-state index is 0.00146. The van der Waals surface area contributed by atoms with Crippen LogP contribution in [-0.4, -0.2) is 13.5 Å². The second kappa shape index (κ2) is 6.65. The van der Waals surface area contributed by atoms with Crippen molar-refractivity contribution in [2.75, 3.05) is 0 Å². The van der Waals surface area contributed by atoms with Crippen LogP contribution in [0.15, 0.2) is 61.2 Å². The minimum atomic E-state index is -3.88. The molecule has 7 heteroatoms. The van der Waals surface area contributed by atoms with E-state index in [0.29, 0.717) is 14.5 Å². The van der Waals surface area contributed by atoms with Gasteiger partial charge in [-0.25, -0.2) is 8.42 Å². The van der Waals surface area contributed by atoms with Gasteiger partial charge < -0.3 is 5.11 Å². The van der Waals surface area contributed by atoms with Crippen molar-refractivity contribution in [1.29, 1.82) is 5.26 Å². The van der Waals surface area contributed by atoms with Crippen molar-refractivity contribution in [3.63, 3.8) is 0 Å². The summed E-state index contributed by atoms with van der Waals surface area (Å²) in [5.74, 6) is 0.00146. The van der Waals surface area contributed by atoms with Crippen molar-refractivity contribution in [1.82, 2.24) is 0 Å². The number of sulfone groups is 1. The molecule has 112 valence electrons. The summed E-state index contributed by atoms with van der Waals surface area (Å²) < 4.78 is 25.7. The Balaban J connectivity index is 2.56. The number of benzene rings is 2. The van der Waals surface area contributed by atoms with Gasteiger partial charge in [0, 0.05) is 0 Å². The van der Waals surface area contributed by atoms with E-state index in [9.17, 15) is 18.8 Å². The summed E-state index contributed by atoms with van der Waals surface area (Å²) >= 11 is 6.32. The molecule has 0 aliphatic rings. The monoisotopic (exact) mass is 441 g/mol. The fourth-order valence-electron chi connectivity index (χ4n) is 1.72. The fraction of sp³-hybridized carbons (Fsp3) is 0. The standard InChI is InChI=1S/C15H9Br2NO3S/c16-13-7-10(8-14(17)15(13)19)6-12(9-18)22(20,21)11-4-2-1-3-5-11/h1-8,19H. The third-order valence-corrected chi connectivity index (χ3v) is 5.68. The molecular weight excluding hydrogens is 434 g/mol. The zero-order chi connectivity index (χ0) is 16.3. The van der Waals surface area contributed by atoms with E-state index in [0.717, 1.165) is 0 Å². The Hall–Kier alpha value is -1.62. The summed E-state index contributed by atoms with van der Waals surface area (Å²) in [6.45, 7) is 0. The van der Waals surface area contributed by atoms with Gasteiger partial charge in [0.15, 0.2) is 0 Å². The van der Waals surface area contributed by atoms with Gasteiger partial charge in [-0.2, -0.15) is 5.26 Å². The maximum Gasteiger partial charge on any atom is 0.216 e. The smallest absolute Gasteiger partial charge is 0.216 e. The topological polar surface area (TPSA) is 78.2 Å². The van der Waals surface area contributed by atoms with Gasteiger partial charge in [0.1, 0.15) is 16.7 Å². The molecule has 2 aromatic rings. The number of nitriles is 1. The van der Waals surface area contributed by atoms with Crippen LogP contribution in [0.1, 0.15) is 5.56 Å². The van der Waals surface area contributed by atoms with E-state index in [1.54, 1.807) is 24.3 Å². The number of phenolic OH excluding ortho intramolecular Hbond substituents is 1. The van der Waals surface area contributed by atoms with Gasteiger partial charge >= 0.3 is 0 Å². The normalized spacial score (nSPS) is 12.0. The first-order valence-corrected chi connectivity index (χ1v) is 9.03. The van der Waals surface area contributed by atoms with Crippen molar-refractivity contribution in [3.8, 4) is 11.8 Å². The molecule has 2 aromatic carbocycles. The van der Waals surface area contributed by atoms with E-state index in [1.807, 2.05) is 0 Å². The lowest BCUT2D eigenvalue weighted by Crippen LogP contribution is -2.03. The molecular formula is C15H9Br2NO3S. The molecule has 0 saturated heterocycles.